The molecule has 1 rings (SSSR count). The highest BCUT2D eigenvalue weighted by atomic mass is 16.5. The molecule has 0 atom stereocenters. The largest absolute Gasteiger partial charge is 0.488 e. The average Bonchev–Trinajstić information content (AvgIpc) is 2.69. The predicted molar refractivity (Wildman–Crippen MR) is 120 cm³/mol. The highest BCUT2D eigenvalue weighted by Gasteiger charge is 2.14. The van der Waals surface area contributed by atoms with E-state index in [0.717, 1.165) is 22.3 Å². The zero-order valence-corrected chi connectivity index (χ0v) is 19.0. The molecule has 0 N–H and O–H groups in total. The van der Waals surface area contributed by atoms with Gasteiger partial charge in [-0.1, -0.05) is 65.2 Å². The van der Waals surface area contributed by atoms with Crippen molar-refractivity contribution in [1.29, 1.82) is 0 Å². The number of rotatable bonds is 17. The van der Waals surface area contributed by atoms with Crippen LogP contribution in [0, 0.1) is 0 Å². The van der Waals surface area contributed by atoms with Crippen LogP contribution in [-0.2, 0) is 0 Å². The van der Waals surface area contributed by atoms with Crippen molar-refractivity contribution in [2.75, 3.05) is 33.8 Å². The van der Waals surface area contributed by atoms with Gasteiger partial charge in [-0.25, -0.2) is 0 Å². The monoisotopic (exact) mass is 390 g/mol. The number of hydrogen-bond donors (Lipinski definition) is 0. The Morgan fingerprint density at radius 2 is 1.32 bits per heavy atom. The van der Waals surface area contributed by atoms with Crippen LogP contribution in [0.4, 0.5) is 0 Å². The third kappa shape index (κ3) is 11.5. The van der Waals surface area contributed by atoms with Gasteiger partial charge in [-0.3, -0.25) is 4.79 Å². The predicted octanol–water partition coefficient (Wildman–Crippen LogP) is 6.66. The maximum atomic E-state index is 11.7. The fraction of sp³-hybridized carbons (Fsp3) is 0.720. The van der Waals surface area contributed by atoms with E-state index >= 15 is 0 Å². The van der Waals surface area contributed by atoms with E-state index in [9.17, 15) is 4.79 Å². The Morgan fingerprint density at radius 3 is 1.86 bits per heavy atom. The van der Waals surface area contributed by atoms with Crippen molar-refractivity contribution in [1.82, 2.24) is 0 Å². The van der Waals surface area contributed by atoms with E-state index in [1.54, 1.807) is 0 Å². The minimum Gasteiger partial charge on any atom is -0.488 e. The first-order chi connectivity index (χ1) is 13.5. The van der Waals surface area contributed by atoms with Gasteiger partial charge in [0.1, 0.15) is 18.9 Å². The Morgan fingerprint density at radius 1 is 0.786 bits per heavy atom. The highest BCUT2D eigenvalue weighted by molar-refractivity contribution is 5.95. The smallest absolute Gasteiger partial charge is 0.162 e. The minimum atomic E-state index is 0.181. The average molecular weight is 391 g/mol. The second-order valence-corrected chi connectivity index (χ2v) is 8.71. The van der Waals surface area contributed by atoms with Gasteiger partial charge >= 0.3 is 0 Å². The summed E-state index contributed by atoms with van der Waals surface area (Å²) in [5, 5.41) is 0. The van der Waals surface area contributed by atoms with Crippen molar-refractivity contribution in [3.63, 3.8) is 0 Å². The number of unbranched alkanes of at least 4 members (excludes halogenated alkanes) is 9. The molecule has 1 aromatic carbocycles. The second-order valence-electron chi connectivity index (χ2n) is 8.71. The van der Waals surface area contributed by atoms with E-state index in [2.05, 4.69) is 21.0 Å². The molecule has 0 fully saturated rings. The van der Waals surface area contributed by atoms with Crippen molar-refractivity contribution in [3.05, 3.63) is 29.8 Å². The topological polar surface area (TPSA) is 26.3 Å². The molecule has 0 unspecified atom stereocenters. The molecule has 3 nitrogen and oxygen atoms in total. The van der Waals surface area contributed by atoms with E-state index in [1.807, 2.05) is 31.2 Å². The molecule has 0 spiro atoms. The lowest BCUT2D eigenvalue weighted by Crippen LogP contribution is -2.43. The first-order valence-electron chi connectivity index (χ1n) is 11.6. The van der Waals surface area contributed by atoms with Crippen LogP contribution in [-0.4, -0.2) is 44.1 Å². The molecule has 0 amide bonds. The van der Waals surface area contributed by atoms with Gasteiger partial charge in [0, 0.05) is 12.0 Å². The maximum absolute atomic E-state index is 11.7. The van der Waals surface area contributed by atoms with E-state index in [1.165, 1.54) is 70.8 Å². The quantitative estimate of drug-likeness (QED) is 0.169. The Kier molecular flexibility index (Phi) is 12.9. The molecule has 1 aromatic rings. The number of hydrogen-bond acceptors (Lipinski definition) is 2. The number of Topliss-reactive ketones (excluding diaryl/α,β-unsaturated/α-hetero) is 1. The van der Waals surface area contributed by atoms with E-state index in [4.69, 9.17) is 4.74 Å². The Hall–Kier alpha value is -1.35. The number of benzene rings is 1. The molecule has 0 radical (unpaired) electrons. The summed E-state index contributed by atoms with van der Waals surface area (Å²) in [5.74, 6) is 1.03. The van der Waals surface area contributed by atoms with Crippen molar-refractivity contribution >= 4 is 5.78 Å². The summed E-state index contributed by atoms with van der Waals surface area (Å²) < 4.78 is 6.89. The summed E-state index contributed by atoms with van der Waals surface area (Å²) in [4.78, 5) is 11.7. The van der Waals surface area contributed by atoms with Crippen LogP contribution in [0.3, 0.4) is 0 Å². The highest BCUT2D eigenvalue weighted by Crippen LogP contribution is 2.15. The van der Waals surface area contributed by atoms with Crippen molar-refractivity contribution in [2.45, 2.75) is 84.5 Å². The normalized spacial score (nSPS) is 11.6. The number of likely N-dealkylation sites (N-methyl/N-ethyl adjacent to an activating group) is 1. The summed E-state index contributed by atoms with van der Waals surface area (Å²) in [6.45, 7) is 7.10. The molecule has 28 heavy (non-hydrogen) atoms. The van der Waals surface area contributed by atoms with E-state index in [0.29, 0.717) is 13.0 Å². The molecule has 0 aliphatic rings. The number of ether oxygens (including phenoxy) is 1. The molecule has 0 saturated heterocycles. The summed E-state index contributed by atoms with van der Waals surface area (Å²) in [5.41, 5.74) is 0.770. The van der Waals surface area contributed by atoms with Crippen LogP contribution < -0.4 is 4.74 Å². The van der Waals surface area contributed by atoms with Gasteiger partial charge in [0.05, 0.1) is 20.6 Å². The van der Waals surface area contributed by atoms with Crippen LogP contribution in [0.2, 0.25) is 0 Å². The summed E-state index contributed by atoms with van der Waals surface area (Å²) >= 11 is 0. The second kappa shape index (κ2) is 14.6. The molecule has 0 saturated carbocycles. The first-order valence-corrected chi connectivity index (χ1v) is 11.6. The standard InChI is InChI=1S/C25H44NO2/c1-5-7-8-9-10-11-12-13-14-15-20-26(3,4)21-22-28-24-18-16-23(17-19-24)25(27)6-2/h16-19H,5-15,20-22H2,1-4H3/q+1. The first kappa shape index (κ1) is 24.7. The van der Waals surface area contributed by atoms with Crippen molar-refractivity contribution in [2.24, 2.45) is 0 Å². The Labute approximate surface area is 174 Å². The number of carbonyl (C=O) groups is 1. The van der Waals surface area contributed by atoms with Crippen LogP contribution in [0.1, 0.15) is 94.8 Å². The van der Waals surface area contributed by atoms with E-state index < -0.39 is 0 Å². The lowest BCUT2D eigenvalue weighted by atomic mass is 10.1. The molecular formula is C25H44NO2+. The van der Waals surface area contributed by atoms with Crippen molar-refractivity contribution < 1.29 is 14.0 Å². The molecule has 0 aromatic heterocycles. The lowest BCUT2D eigenvalue weighted by molar-refractivity contribution is -0.890. The number of nitrogens with zero attached hydrogens (tertiary/aromatic N) is 1. The minimum absolute atomic E-state index is 0.181. The molecule has 160 valence electrons. The fourth-order valence-corrected chi connectivity index (χ4v) is 3.49. The van der Waals surface area contributed by atoms with Gasteiger partial charge in [-0.2, -0.15) is 0 Å². The maximum Gasteiger partial charge on any atom is 0.162 e. The third-order valence-electron chi connectivity index (χ3n) is 5.58. The van der Waals surface area contributed by atoms with Gasteiger partial charge in [0.25, 0.3) is 0 Å². The molecule has 0 bridgehead atoms. The Balaban J connectivity index is 2.08. The summed E-state index contributed by atoms with van der Waals surface area (Å²) in [7, 11) is 4.58. The molecule has 0 aliphatic heterocycles. The molecule has 0 aliphatic carbocycles. The van der Waals surface area contributed by atoms with Crippen molar-refractivity contribution in [3.8, 4) is 5.75 Å². The van der Waals surface area contributed by atoms with Gasteiger partial charge in [-0.15, -0.1) is 0 Å². The Bertz CT molecular complexity index is 522. The van der Waals surface area contributed by atoms with Gasteiger partial charge in [-0.05, 0) is 37.1 Å². The van der Waals surface area contributed by atoms with Crippen LogP contribution >= 0.6 is 0 Å². The molecule has 3 heteroatoms. The molecule has 0 heterocycles. The molecular weight excluding hydrogens is 346 g/mol. The summed E-state index contributed by atoms with van der Waals surface area (Å²) in [6.07, 6.45) is 14.4. The number of carbonyl (C=O) groups excluding carboxylic acids is 1. The van der Waals surface area contributed by atoms with Gasteiger partial charge in [0.15, 0.2) is 5.78 Å². The fourth-order valence-electron chi connectivity index (χ4n) is 3.49. The number of ketones is 1. The van der Waals surface area contributed by atoms with Crippen LogP contribution in [0.15, 0.2) is 24.3 Å². The number of quaternary nitrogens is 1. The zero-order chi connectivity index (χ0) is 20.7. The lowest BCUT2D eigenvalue weighted by Gasteiger charge is -2.29. The van der Waals surface area contributed by atoms with Gasteiger partial charge < -0.3 is 9.22 Å². The van der Waals surface area contributed by atoms with Crippen LogP contribution in [0.25, 0.3) is 0 Å². The SMILES string of the molecule is CCCCCCCCCCCC[N+](C)(C)CCOc1ccc(C(=O)CC)cc1. The zero-order valence-electron chi connectivity index (χ0n) is 19.0. The summed E-state index contributed by atoms with van der Waals surface area (Å²) in [6, 6.07) is 7.55. The van der Waals surface area contributed by atoms with Crippen LogP contribution in [0.5, 0.6) is 5.75 Å². The third-order valence-corrected chi connectivity index (χ3v) is 5.58. The van der Waals surface area contributed by atoms with Gasteiger partial charge in [0.2, 0.25) is 0 Å². The van der Waals surface area contributed by atoms with E-state index in [-0.39, 0.29) is 5.78 Å².